The number of methoxy groups -OCH3 is 1. The van der Waals surface area contributed by atoms with E-state index in [9.17, 15) is 4.79 Å². The molecule has 0 amide bonds. The summed E-state index contributed by atoms with van der Waals surface area (Å²) in [6, 6.07) is 5.23. The van der Waals surface area contributed by atoms with Gasteiger partial charge in [-0.05, 0) is 13.0 Å². The fourth-order valence-corrected chi connectivity index (χ4v) is 0.933. The van der Waals surface area contributed by atoms with Gasteiger partial charge in [-0.2, -0.15) is 0 Å². The van der Waals surface area contributed by atoms with Crippen molar-refractivity contribution in [1.29, 1.82) is 0 Å². The number of aromatic nitrogens is 1. The van der Waals surface area contributed by atoms with E-state index >= 15 is 0 Å². The third-order valence-electron chi connectivity index (χ3n) is 1.82. The van der Waals surface area contributed by atoms with Crippen LogP contribution in [0, 0.1) is 0 Å². The molecule has 82 valence electrons. The van der Waals surface area contributed by atoms with E-state index in [2.05, 4.69) is 4.98 Å². The van der Waals surface area contributed by atoms with E-state index in [0.29, 0.717) is 11.6 Å². The number of carboxylic acid groups (broad SMARTS) is 1. The van der Waals surface area contributed by atoms with Gasteiger partial charge in [0.05, 0.1) is 19.4 Å². The number of rotatable bonds is 5. The Balaban J connectivity index is 2.53. The first-order chi connectivity index (χ1) is 7.13. The molecule has 1 heterocycles. The maximum atomic E-state index is 10.5. The Labute approximate surface area is 87.7 Å². The van der Waals surface area contributed by atoms with Crippen molar-refractivity contribution in [1.82, 2.24) is 4.98 Å². The van der Waals surface area contributed by atoms with Gasteiger partial charge >= 0.3 is 5.97 Å². The Morgan fingerprint density at radius 2 is 2.33 bits per heavy atom. The molecule has 0 aliphatic rings. The third-order valence-corrected chi connectivity index (χ3v) is 1.82. The zero-order chi connectivity index (χ0) is 11.3. The highest BCUT2D eigenvalue weighted by Gasteiger charge is 2.11. The second kappa shape index (κ2) is 5.31. The Morgan fingerprint density at radius 1 is 1.60 bits per heavy atom. The minimum absolute atomic E-state index is 0.157. The van der Waals surface area contributed by atoms with Crippen LogP contribution in [-0.2, 0) is 16.1 Å². The summed E-state index contributed by atoms with van der Waals surface area (Å²) in [6.07, 6.45) is -0.835. The minimum Gasteiger partial charge on any atom is -0.481 e. The van der Waals surface area contributed by atoms with Crippen LogP contribution in [-0.4, -0.2) is 29.3 Å². The van der Waals surface area contributed by atoms with Crippen molar-refractivity contribution in [2.75, 3.05) is 7.11 Å². The number of carbonyl (C=O) groups is 1. The molecular weight excluding hydrogens is 198 g/mol. The molecule has 0 aliphatic carbocycles. The number of ether oxygens (including phenoxy) is 2. The average molecular weight is 211 g/mol. The predicted molar refractivity (Wildman–Crippen MR) is 52.7 cm³/mol. The summed E-state index contributed by atoms with van der Waals surface area (Å²) in [7, 11) is 1.52. The highest BCUT2D eigenvalue weighted by atomic mass is 16.5. The first kappa shape index (κ1) is 11.5. The van der Waals surface area contributed by atoms with Crippen LogP contribution in [0.2, 0.25) is 0 Å². The number of hydrogen-bond acceptors (Lipinski definition) is 4. The molecule has 1 atom stereocenters. The lowest BCUT2D eigenvalue weighted by molar-refractivity contribution is -0.149. The molecule has 5 nitrogen and oxygen atoms in total. The van der Waals surface area contributed by atoms with Crippen molar-refractivity contribution in [2.24, 2.45) is 0 Å². The average Bonchev–Trinajstić information content (AvgIpc) is 2.26. The van der Waals surface area contributed by atoms with Crippen LogP contribution in [0.15, 0.2) is 18.2 Å². The van der Waals surface area contributed by atoms with Gasteiger partial charge in [-0.1, -0.05) is 6.07 Å². The van der Waals surface area contributed by atoms with Crippen molar-refractivity contribution in [2.45, 2.75) is 19.6 Å². The molecule has 0 aliphatic heterocycles. The summed E-state index contributed by atoms with van der Waals surface area (Å²) in [4.78, 5) is 14.6. The van der Waals surface area contributed by atoms with E-state index in [0.717, 1.165) is 0 Å². The van der Waals surface area contributed by atoms with Crippen molar-refractivity contribution in [3.05, 3.63) is 23.9 Å². The molecular formula is C10H13NO4. The van der Waals surface area contributed by atoms with Gasteiger partial charge in [0.15, 0.2) is 6.10 Å². The fraction of sp³-hybridized carbons (Fsp3) is 0.400. The van der Waals surface area contributed by atoms with Gasteiger partial charge in [0, 0.05) is 6.07 Å². The summed E-state index contributed by atoms with van der Waals surface area (Å²) >= 11 is 0. The molecule has 0 aromatic carbocycles. The lowest BCUT2D eigenvalue weighted by Gasteiger charge is -2.08. The Hall–Kier alpha value is -1.62. The molecule has 0 fully saturated rings. The lowest BCUT2D eigenvalue weighted by Crippen LogP contribution is -2.19. The van der Waals surface area contributed by atoms with E-state index in [1.165, 1.54) is 14.0 Å². The van der Waals surface area contributed by atoms with E-state index in [-0.39, 0.29) is 6.61 Å². The van der Waals surface area contributed by atoms with Crippen molar-refractivity contribution in [3.8, 4) is 5.88 Å². The van der Waals surface area contributed by atoms with Crippen LogP contribution in [0.25, 0.3) is 0 Å². The number of nitrogens with zero attached hydrogens (tertiary/aromatic N) is 1. The molecule has 1 rings (SSSR count). The summed E-state index contributed by atoms with van der Waals surface area (Å²) in [5.74, 6) is -0.503. The van der Waals surface area contributed by atoms with E-state index in [1.807, 2.05) is 0 Å². The Kier molecular flexibility index (Phi) is 4.05. The van der Waals surface area contributed by atoms with Gasteiger partial charge in [-0.3, -0.25) is 0 Å². The molecule has 0 radical (unpaired) electrons. The molecule has 1 N–H and O–H groups in total. The van der Waals surface area contributed by atoms with Crippen LogP contribution >= 0.6 is 0 Å². The Bertz CT molecular complexity index is 340. The van der Waals surface area contributed by atoms with Crippen molar-refractivity contribution >= 4 is 5.97 Å². The van der Waals surface area contributed by atoms with E-state index in [4.69, 9.17) is 14.6 Å². The number of hydrogen-bond donors (Lipinski definition) is 1. The minimum atomic E-state index is -0.988. The summed E-state index contributed by atoms with van der Waals surface area (Å²) < 4.78 is 10.00. The topological polar surface area (TPSA) is 68.7 Å². The predicted octanol–water partition coefficient (Wildman–Crippen LogP) is 1.08. The standard InChI is InChI=1S/C10H13NO4/c1-7(10(12)13)15-6-8-4-3-5-9(11-8)14-2/h3-5,7H,6H2,1-2H3,(H,12,13). The van der Waals surface area contributed by atoms with Gasteiger partial charge in [0.1, 0.15) is 0 Å². The third kappa shape index (κ3) is 3.55. The van der Waals surface area contributed by atoms with E-state index < -0.39 is 12.1 Å². The maximum absolute atomic E-state index is 10.5. The summed E-state index contributed by atoms with van der Waals surface area (Å²) in [5, 5.41) is 8.59. The maximum Gasteiger partial charge on any atom is 0.332 e. The van der Waals surface area contributed by atoms with Crippen LogP contribution in [0.5, 0.6) is 5.88 Å². The second-order valence-corrected chi connectivity index (χ2v) is 2.96. The summed E-state index contributed by atoms with van der Waals surface area (Å²) in [5.41, 5.74) is 0.641. The van der Waals surface area contributed by atoms with Gasteiger partial charge in [-0.15, -0.1) is 0 Å². The zero-order valence-electron chi connectivity index (χ0n) is 8.64. The monoisotopic (exact) mass is 211 g/mol. The molecule has 0 bridgehead atoms. The van der Waals surface area contributed by atoms with E-state index in [1.54, 1.807) is 18.2 Å². The lowest BCUT2D eigenvalue weighted by atomic mass is 10.3. The van der Waals surface area contributed by atoms with Gasteiger partial charge in [0.2, 0.25) is 5.88 Å². The highest BCUT2D eigenvalue weighted by molar-refractivity contribution is 5.71. The normalized spacial score (nSPS) is 12.1. The zero-order valence-corrected chi connectivity index (χ0v) is 8.64. The molecule has 1 aromatic heterocycles. The van der Waals surface area contributed by atoms with Crippen LogP contribution in [0.1, 0.15) is 12.6 Å². The van der Waals surface area contributed by atoms with Gasteiger partial charge in [-0.25, -0.2) is 9.78 Å². The number of pyridine rings is 1. The summed E-state index contributed by atoms with van der Waals surface area (Å²) in [6.45, 7) is 1.63. The van der Waals surface area contributed by atoms with Gasteiger partial charge < -0.3 is 14.6 Å². The first-order valence-electron chi connectivity index (χ1n) is 4.48. The van der Waals surface area contributed by atoms with Gasteiger partial charge in [0.25, 0.3) is 0 Å². The quantitative estimate of drug-likeness (QED) is 0.789. The second-order valence-electron chi connectivity index (χ2n) is 2.96. The van der Waals surface area contributed by atoms with Crippen molar-refractivity contribution < 1.29 is 19.4 Å². The van der Waals surface area contributed by atoms with Crippen LogP contribution in [0.4, 0.5) is 0 Å². The fourth-order valence-electron chi connectivity index (χ4n) is 0.933. The largest absolute Gasteiger partial charge is 0.481 e. The molecule has 15 heavy (non-hydrogen) atoms. The molecule has 1 aromatic rings. The first-order valence-corrected chi connectivity index (χ1v) is 4.48. The molecule has 0 spiro atoms. The Morgan fingerprint density at radius 3 is 2.93 bits per heavy atom. The van der Waals surface area contributed by atoms with Crippen LogP contribution < -0.4 is 4.74 Å². The number of aliphatic carboxylic acids is 1. The smallest absolute Gasteiger partial charge is 0.332 e. The molecule has 1 unspecified atom stereocenters. The van der Waals surface area contributed by atoms with Crippen LogP contribution in [0.3, 0.4) is 0 Å². The molecule has 0 saturated heterocycles. The highest BCUT2D eigenvalue weighted by Crippen LogP contribution is 2.08. The molecule has 5 heteroatoms. The number of carboxylic acids is 1. The molecule has 0 saturated carbocycles. The van der Waals surface area contributed by atoms with Crippen molar-refractivity contribution in [3.63, 3.8) is 0 Å². The SMILES string of the molecule is COc1cccc(COC(C)C(=O)O)n1.